The Balaban J connectivity index is 0.902. The van der Waals surface area contributed by atoms with Crippen molar-refractivity contribution in [3.8, 4) is 68.5 Å². The van der Waals surface area contributed by atoms with Crippen LogP contribution in [-0.2, 0) is 38.4 Å². The van der Waals surface area contributed by atoms with E-state index in [1.54, 1.807) is 55.5 Å². The molecule has 0 aromatic heterocycles. The first-order valence-electron chi connectivity index (χ1n) is 25.0. The van der Waals surface area contributed by atoms with E-state index in [9.17, 15) is 14.4 Å². The van der Waals surface area contributed by atoms with Crippen LogP contribution < -0.4 is 18.9 Å². The van der Waals surface area contributed by atoms with Crippen LogP contribution in [0.1, 0.15) is 63.5 Å². The second kappa shape index (κ2) is 30.7. The smallest absolute Gasteiger partial charge is 0.333 e. The van der Waals surface area contributed by atoms with Crippen LogP contribution in [0.25, 0.3) is 33.4 Å². The van der Waals surface area contributed by atoms with Crippen molar-refractivity contribution in [1.29, 1.82) is 10.5 Å². The maximum Gasteiger partial charge on any atom is 0.333 e. The highest BCUT2D eigenvalue weighted by molar-refractivity contribution is 5.87. The zero-order valence-corrected chi connectivity index (χ0v) is 42.9. The van der Waals surface area contributed by atoms with Crippen LogP contribution in [0, 0.1) is 22.7 Å². The average Bonchev–Trinajstić information content (AvgIpc) is 3.44. The van der Waals surface area contributed by atoms with Crippen LogP contribution in [-0.4, -0.2) is 76.4 Å². The Hall–Kier alpha value is -8.37. The van der Waals surface area contributed by atoms with Crippen molar-refractivity contribution in [2.75, 3.05) is 46.2 Å². The molecule has 2 atom stereocenters. The van der Waals surface area contributed by atoms with E-state index in [1.807, 2.05) is 104 Å². The van der Waals surface area contributed by atoms with Crippen molar-refractivity contribution in [3.05, 3.63) is 181 Å². The number of rotatable bonds is 31. The molecular formula is C62H62N2O12. The van der Waals surface area contributed by atoms with Crippen molar-refractivity contribution < 1.29 is 57.3 Å². The summed E-state index contributed by atoms with van der Waals surface area (Å²) in [6, 6.07) is 48.4. The fraction of sp³-hybridized carbons (Fsp3) is 0.274. The van der Waals surface area contributed by atoms with Crippen LogP contribution >= 0.6 is 0 Å². The van der Waals surface area contributed by atoms with E-state index < -0.39 is 18.2 Å². The van der Waals surface area contributed by atoms with Gasteiger partial charge in [0.15, 0.2) is 0 Å². The van der Waals surface area contributed by atoms with Gasteiger partial charge in [-0.2, -0.15) is 10.5 Å². The minimum absolute atomic E-state index is 0.0406. The van der Waals surface area contributed by atoms with E-state index in [1.165, 1.54) is 0 Å². The first-order valence-corrected chi connectivity index (χ1v) is 25.0. The molecule has 76 heavy (non-hydrogen) atoms. The molecule has 0 spiro atoms. The number of hydrogen-bond donors (Lipinski definition) is 0. The van der Waals surface area contributed by atoms with E-state index in [0.29, 0.717) is 73.0 Å². The van der Waals surface area contributed by atoms with Gasteiger partial charge in [0.2, 0.25) is 0 Å². The molecule has 0 aliphatic rings. The third-order valence-corrected chi connectivity index (χ3v) is 11.4. The Morgan fingerprint density at radius 3 is 1.17 bits per heavy atom. The maximum atomic E-state index is 12.6. The van der Waals surface area contributed by atoms with E-state index in [-0.39, 0.29) is 63.4 Å². The highest BCUT2D eigenvalue weighted by Gasteiger charge is 2.17. The normalized spacial score (nSPS) is 11.5. The number of unbranched alkanes of at least 4 members (excludes halogenated alkanes) is 2. The third-order valence-electron chi connectivity index (χ3n) is 11.4. The minimum Gasteiger partial charge on any atom is -0.491 e. The minimum atomic E-state index is -0.576. The number of hydrogen-bond acceptors (Lipinski definition) is 14. The molecule has 0 saturated heterocycles. The van der Waals surface area contributed by atoms with E-state index in [4.69, 9.17) is 53.5 Å². The summed E-state index contributed by atoms with van der Waals surface area (Å²) in [5, 5.41) is 18.1. The van der Waals surface area contributed by atoms with Crippen LogP contribution in [0.4, 0.5) is 0 Å². The Labute approximate surface area is 444 Å². The monoisotopic (exact) mass is 1030 g/mol. The largest absolute Gasteiger partial charge is 0.491 e. The molecule has 6 rings (SSSR count). The molecule has 6 aromatic carbocycles. The second-order valence-corrected chi connectivity index (χ2v) is 17.8. The lowest BCUT2D eigenvalue weighted by Crippen LogP contribution is -2.29. The van der Waals surface area contributed by atoms with Gasteiger partial charge in [-0.15, -0.1) is 0 Å². The Kier molecular flexibility index (Phi) is 23.0. The van der Waals surface area contributed by atoms with E-state index in [2.05, 4.69) is 25.3 Å². The van der Waals surface area contributed by atoms with E-state index in [0.717, 1.165) is 39.0 Å². The first-order chi connectivity index (χ1) is 36.9. The van der Waals surface area contributed by atoms with Crippen molar-refractivity contribution in [3.63, 3.8) is 0 Å². The van der Waals surface area contributed by atoms with Crippen LogP contribution in [0.2, 0.25) is 0 Å². The van der Waals surface area contributed by atoms with Crippen molar-refractivity contribution in [1.82, 2.24) is 0 Å². The number of nitrogens with zero attached hydrogens (tertiary/aromatic N) is 2. The molecule has 0 aliphatic carbocycles. The first kappa shape index (κ1) is 56.9. The number of nitriles is 2. The standard InChI is InChI=1S/C62H62N2O12/c1-44(2)39-73-74-43-59(69-36-8-6-10-61(66)76-57-33-25-53(26-34-57)49-17-13-47(38-64)14-18-49)41-71-55-29-21-51(22-30-55)50-19-27-54(28-20-50)70-40-58(42-72-62(67)45(3)4)68-35-7-5-9-60(65)75-56-31-23-52(24-32-56)48-15-11-46(37-63)12-16-48/h11-34,58-59H,1,3,5-10,35-36,39-43H2,2,4H3. The summed E-state index contributed by atoms with van der Waals surface area (Å²) in [4.78, 5) is 48.0. The van der Waals surface area contributed by atoms with Gasteiger partial charge < -0.3 is 33.2 Å². The zero-order valence-electron chi connectivity index (χ0n) is 42.9. The molecule has 2 unspecified atom stereocenters. The number of carbonyl (C=O) groups is 3. The molecule has 0 heterocycles. The van der Waals surface area contributed by atoms with Crippen molar-refractivity contribution in [2.24, 2.45) is 0 Å². The Bertz CT molecular complexity index is 2890. The highest BCUT2D eigenvalue weighted by atomic mass is 17.2. The number of benzene rings is 6. The fourth-order valence-corrected chi connectivity index (χ4v) is 7.23. The van der Waals surface area contributed by atoms with Gasteiger partial charge in [-0.1, -0.05) is 91.5 Å². The molecule has 0 bridgehead atoms. The molecule has 14 heteroatoms. The summed E-state index contributed by atoms with van der Waals surface area (Å²) in [6.45, 7) is 12.2. The van der Waals surface area contributed by atoms with Gasteiger partial charge in [0, 0.05) is 31.6 Å². The predicted molar refractivity (Wildman–Crippen MR) is 287 cm³/mol. The number of carbonyl (C=O) groups excluding carboxylic acids is 3. The van der Waals surface area contributed by atoms with Gasteiger partial charge in [0.25, 0.3) is 0 Å². The van der Waals surface area contributed by atoms with Gasteiger partial charge in [0.1, 0.15) is 68.2 Å². The summed E-state index contributed by atoms with van der Waals surface area (Å²) in [7, 11) is 0. The zero-order chi connectivity index (χ0) is 53.9. The lowest BCUT2D eigenvalue weighted by molar-refractivity contribution is -0.302. The second-order valence-electron chi connectivity index (χ2n) is 17.8. The summed E-state index contributed by atoms with van der Waals surface area (Å²) in [5.41, 5.74) is 7.96. The number of esters is 3. The molecule has 0 N–H and O–H groups in total. The summed E-state index contributed by atoms with van der Waals surface area (Å²) >= 11 is 0. The maximum absolute atomic E-state index is 12.6. The molecule has 0 radical (unpaired) electrons. The molecular weight excluding hydrogens is 965 g/mol. The fourth-order valence-electron chi connectivity index (χ4n) is 7.23. The molecule has 6 aromatic rings. The highest BCUT2D eigenvalue weighted by Crippen LogP contribution is 2.27. The van der Waals surface area contributed by atoms with Gasteiger partial charge in [0.05, 0.1) is 23.3 Å². The van der Waals surface area contributed by atoms with Gasteiger partial charge in [-0.25, -0.2) is 14.6 Å². The lowest BCUT2D eigenvalue weighted by atomic mass is 10.0. The third kappa shape index (κ3) is 19.8. The molecule has 392 valence electrons. The molecule has 0 fully saturated rings. The van der Waals surface area contributed by atoms with Crippen LogP contribution in [0.15, 0.2) is 170 Å². The lowest BCUT2D eigenvalue weighted by Gasteiger charge is -2.19. The molecule has 0 amide bonds. The average molecular weight is 1030 g/mol. The number of ether oxygens (including phenoxy) is 7. The van der Waals surface area contributed by atoms with Gasteiger partial charge in [-0.3, -0.25) is 9.59 Å². The SMILES string of the molecule is C=C(C)COOCC(COc1ccc(-c2ccc(OCC(COC(=O)C(=C)C)OCCCCC(=O)Oc3ccc(-c4ccc(C#N)cc4)cc3)cc2)cc1)OCCCCC(=O)Oc1ccc(-c2ccc(C#N)cc2)cc1. The predicted octanol–water partition coefficient (Wildman–Crippen LogP) is 12.2. The van der Waals surface area contributed by atoms with Crippen molar-refractivity contribution in [2.45, 2.75) is 64.6 Å². The van der Waals surface area contributed by atoms with Gasteiger partial charge >= 0.3 is 17.9 Å². The van der Waals surface area contributed by atoms with Crippen LogP contribution in [0.5, 0.6) is 23.0 Å². The quantitative estimate of drug-likeness (QED) is 0.00762. The van der Waals surface area contributed by atoms with E-state index >= 15 is 0 Å². The van der Waals surface area contributed by atoms with Gasteiger partial charge in [-0.05, 0) is 146 Å². The van der Waals surface area contributed by atoms with Crippen molar-refractivity contribution >= 4 is 17.9 Å². The molecule has 0 saturated carbocycles. The topological polar surface area (TPSA) is 182 Å². The molecule has 14 nitrogen and oxygen atoms in total. The summed E-state index contributed by atoms with van der Waals surface area (Å²) in [5.74, 6) is 0.905. The summed E-state index contributed by atoms with van der Waals surface area (Å²) < 4.78 is 40.8. The van der Waals surface area contributed by atoms with Crippen LogP contribution in [0.3, 0.4) is 0 Å². The molecule has 0 aliphatic heterocycles. The summed E-state index contributed by atoms with van der Waals surface area (Å²) in [6.07, 6.45) is 1.63. The Morgan fingerprint density at radius 1 is 0.461 bits per heavy atom. The Morgan fingerprint density at radius 2 is 0.816 bits per heavy atom.